The van der Waals surface area contributed by atoms with Crippen LogP contribution in [0.1, 0.15) is 18.5 Å². The molecule has 0 amide bonds. The fraction of sp³-hybridized carbons (Fsp3) is 0.333. The Hall–Kier alpha value is -0.660. The predicted octanol–water partition coefficient (Wildman–Crippen LogP) is 2.81. The zero-order valence-electron chi connectivity index (χ0n) is 9.81. The van der Waals surface area contributed by atoms with Crippen molar-refractivity contribution >= 4 is 34.2 Å². The predicted molar refractivity (Wildman–Crippen MR) is 81.1 cm³/mol. The number of halogens is 2. The lowest BCUT2D eigenvalue weighted by Gasteiger charge is -2.03. The Labute approximate surface area is 125 Å². The number of unbranched alkanes of at least 4 members (excludes halogenated alkanes) is 1. The molecule has 2 aromatic rings. The third-order valence-corrected chi connectivity index (χ3v) is 3.68. The largest absolute Gasteiger partial charge is 0.330 e. The standard InChI is InChI=1S/C12H14ClIN4/c13-9-4-5-12(11(14)7-9)18-8-10(16-17-18)3-1-2-6-15/h4-5,7-8H,1-3,6,15H2. The molecule has 0 aliphatic heterocycles. The lowest BCUT2D eigenvalue weighted by Crippen LogP contribution is -1.99. The summed E-state index contributed by atoms with van der Waals surface area (Å²) in [6, 6.07) is 5.71. The number of nitrogens with two attached hydrogens (primary N) is 1. The average Bonchev–Trinajstić information content (AvgIpc) is 2.78. The molecule has 6 heteroatoms. The Bertz CT molecular complexity index is 527. The number of aryl methyl sites for hydroxylation is 1. The van der Waals surface area contributed by atoms with Crippen LogP contribution in [0, 0.1) is 3.57 Å². The summed E-state index contributed by atoms with van der Waals surface area (Å²) < 4.78 is 2.84. The van der Waals surface area contributed by atoms with E-state index in [0.717, 1.165) is 45.8 Å². The lowest BCUT2D eigenvalue weighted by molar-refractivity contribution is 0.727. The quantitative estimate of drug-likeness (QED) is 0.645. The molecule has 2 rings (SSSR count). The second kappa shape index (κ2) is 6.49. The summed E-state index contributed by atoms with van der Waals surface area (Å²) in [6.07, 6.45) is 4.95. The third kappa shape index (κ3) is 3.43. The van der Waals surface area contributed by atoms with E-state index < -0.39 is 0 Å². The van der Waals surface area contributed by atoms with Crippen molar-refractivity contribution in [1.82, 2.24) is 15.0 Å². The highest BCUT2D eigenvalue weighted by Gasteiger charge is 2.06. The van der Waals surface area contributed by atoms with Gasteiger partial charge in [-0.05, 0) is 66.6 Å². The summed E-state index contributed by atoms with van der Waals surface area (Å²) in [5.41, 5.74) is 7.46. The highest BCUT2D eigenvalue weighted by Crippen LogP contribution is 2.21. The van der Waals surface area contributed by atoms with Gasteiger partial charge in [-0.1, -0.05) is 16.8 Å². The Kier molecular flexibility index (Phi) is 4.96. The van der Waals surface area contributed by atoms with Gasteiger partial charge < -0.3 is 5.73 Å². The van der Waals surface area contributed by atoms with E-state index in [0.29, 0.717) is 0 Å². The van der Waals surface area contributed by atoms with Gasteiger partial charge in [-0.2, -0.15) is 0 Å². The van der Waals surface area contributed by atoms with E-state index in [2.05, 4.69) is 32.9 Å². The van der Waals surface area contributed by atoms with Gasteiger partial charge in [-0.3, -0.25) is 0 Å². The van der Waals surface area contributed by atoms with E-state index in [4.69, 9.17) is 17.3 Å². The first-order valence-corrected chi connectivity index (χ1v) is 7.23. The molecule has 0 saturated heterocycles. The van der Waals surface area contributed by atoms with Crippen LogP contribution in [0.25, 0.3) is 5.69 Å². The zero-order valence-corrected chi connectivity index (χ0v) is 12.7. The first-order valence-electron chi connectivity index (χ1n) is 5.77. The van der Waals surface area contributed by atoms with Crippen molar-refractivity contribution in [3.05, 3.63) is 38.7 Å². The summed E-state index contributed by atoms with van der Waals surface area (Å²) in [7, 11) is 0. The van der Waals surface area contributed by atoms with Crippen LogP contribution < -0.4 is 5.73 Å². The fourth-order valence-electron chi connectivity index (χ4n) is 1.65. The van der Waals surface area contributed by atoms with Crippen molar-refractivity contribution in [1.29, 1.82) is 0 Å². The minimum atomic E-state index is 0.725. The summed E-state index contributed by atoms with van der Waals surface area (Å²) in [4.78, 5) is 0. The molecule has 0 bridgehead atoms. The van der Waals surface area contributed by atoms with Gasteiger partial charge in [0.05, 0.1) is 17.6 Å². The second-order valence-electron chi connectivity index (χ2n) is 4.00. The van der Waals surface area contributed by atoms with Crippen molar-refractivity contribution in [3.63, 3.8) is 0 Å². The Balaban J connectivity index is 2.13. The summed E-state index contributed by atoms with van der Waals surface area (Å²) in [5.74, 6) is 0. The van der Waals surface area contributed by atoms with Crippen LogP contribution in [-0.2, 0) is 6.42 Å². The number of hydrogen-bond acceptors (Lipinski definition) is 3. The van der Waals surface area contributed by atoms with Crippen LogP contribution in [0.5, 0.6) is 0 Å². The van der Waals surface area contributed by atoms with Crippen LogP contribution in [0.3, 0.4) is 0 Å². The maximum atomic E-state index is 5.93. The van der Waals surface area contributed by atoms with E-state index >= 15 is 0 Å². The molecule has 1 heterocycles. The van der Waals surface area contributed by atoms with Crippen molar-refractivity contribution in [3.8, 4) is 5.69 Å². The smallest absolute Gasteiger partial charge is 0.0831 e. The molecule has 1 aromatic heterocycles. The Morgan fingerprint density at radius 2 is 2.17 bits per heavy atom. The minimum absolute atomic E-state index is 0.725. The van der Waals surface area contributed by atoms with Gasteiger partial charge in [-0.25, -0.2) is 4.68 Å². The number of hydrogen-bond donors (Lipinski definition) is 1. The molecule has 0 atom stereocenters. The highest BCUT2D eigenvalue weighted by atomic mass is 127. The molecular weight excluding hydrogens is 363 g/mol. The molecule has 0 aliphatic carbocycles. The van der Waals surface area contributed by atoms with Gasteiger partial charge in [0.1, 0.15) is 0 Å². The average molecular weight is 377 g/mol. The van der Waals surface area contributed by atoms with E-state index in [1.807, 2.05) is 24.4 Å². The highest BCUT2D eigenvalue weighted by molar-refractivity contribution is 14.1. The number of nitrogens with zero attached hydrogens (tertiary/aromatic N) is 3. The molecule has 96 valence electrons. The van der Waals surface area contributed by atoms with Gasteiger partial charge in [-0.15, -0.1) is 5.10 Å². The van der Waals surface area contributed by atoms with E-state index in [9.17, 15) is 0 Å². The zero-order chi connectivity index (χ0) is 13.0. The van der Waals surface area contributed by atoms with Crippen LogP contribution >= 0.6 is 34.2 Å². The van der Waals surface area contributed by atoms with Gasteiger partial charge in [0.25, 0.3) is 0 Å². The van der Waals surface area contributed by atoms with Gasteiger partial charge in [0.15, 0.2) is 0 Å². The molecule has 2 N–H and O–H groups in total. The Morgan fingerprint density at radius 3 is 2.89 bits per heavy atom. The van der Waals surface area contributed by atoms with Crippen LogP contribution in [0.2, 0.25) is 5.02 Å². The fourth-order valence-corrected chi connectivity index (χ4v) is 2.77. The molecule has 0 unspecified atom stereocenters. The van der Waals surface area contributed by atoms with Crippen molar-refractivity contribution < 1.29 is 0 Å². The van der Waals surface area contributed by atoms with Gasteiger partial charge >= 0.3 is 0 Å². The lowest BCUT2D eigenvalue weighted by atomic mass is 10.2. The molecule has 0 radical (unpaired) electrons. The SMILES string of the molecule is NCCCCc1cn(-c2ccc(Cl)cc2I)nn1. The maximum Gasteiger partial charge on any atom is 0.0831 e. The first-order chi connectivity index (χ1) is 8.70. The van der Waals surface area contributed by atoms with Gasteiger partial charge in [0.2, 0.25) is 0 Å². The molecule has 1 aromatic carbocycles. The molecule has 0 aliphatic rings. The molecule has 18 heavy (non-hydrogen) atoms. The molecular formula is C12H14ClIN4. The second-order valence-corrected chi connectivity index (χ2v) is 5.59. The number of rotatable bonds is 5. The van der Waals surface area contributed by atoms with Crippen LogP contribution in [0.15, 0.2) is 24.4 Å². The van der Waals surface area contributed by atoms with E-state index in [1.165, 1.54) is 0 Å². The maximum absolute atomic E-state index is 5.93. The molecule has 0 fully saturated rings. The molecule has 0 saturated carbocycles. The van der Waals surface area contributed by atoms with Crippen LogP contribution in [0.4, 0.5) is 0 Å². The van der Waals surface area contributed by atoms with Crippen molar-refractivity contribution in [2.75, 3.05) is 6.54 Å². The molecule has 4 nitrogen and oxygen atoms in total. The van der Waals surface area contributed by atoms with E-state index in [-0.39, 0.29) is 0 Å². The van der Waals surface area contributed by atoms with Crippen molar-refractivity contribution in [2.24, 2.45) is 5.73 Å². The third-order valence-electron chi connectivity index (χ3n) is 2.58. The summed E-state index contributed by atoms with van der Waals surface area (Å²) >= 11 is 8.18. The number of aromatic nitrogens is 3. The summed E-state index contributed by atoms with van der Waals surface area (Å²) in [6.45, 7) is 0.725. The minimum Gasteiger partial charge on any atom is -0.330 e. The van der Waals surface area contributed by atoms with Gasteiger partial charge in [0, 0.05) is 8.59 Å². The normalized spacial score (nSPS) is 10.8. The number of benzene rings is 1. The molecule has 0 spiro atoms. The monoisotopic (exact) mass is 376 g/mol. The summed E-state index contributed by atoms with van der Waals surface area (Å²) in [5, 5.41) is 9.04. The topological polar surface area (TPSA) is 56.7 Å². The first kappa shape index (κ1) is 13.8. The van der Waals surface area contributed by atoms with Crippen molar-refractivity contribution in [2.45, 2.75) is 19.3 Å². The van der Waals surface area contributed by atoms with E-state index in [1.54, 1.807) is 4.68 Å². The van der Waals surface area contributed by atoms with Crippen LogP contribution in [-0.4, -0.2) is 21.5 Å². The Morgan fingerprint density at radius 1 is 1.33 bits per heavy atom.